The maximum Gasteiger partial charge on any atom is 0.141 e. The van der Waals surface area contributed by atoms with Gasteiger partial charge < -0.3 is 20.0 Å². The molecule has 0 aliphatic rings. The van der Waals surface area contributed by atoms with Gasteiger partial charge in [-0.25, -0.2) is 0 Å². The van der Waals surface area contributed by atoms with Gasteiger partial charge in [0.1, 0.15) is 5.75 Å². The fraction of sp³-hybridized carbons (Fsp3) is 0.133. The summed E-state index contributed by atoms with van der Waals surface area (Å²) in [4.78, 5) is 11.3. The van der Waals surface area contributed by atoms with Gasteiger partial charge in [-0.1, -0.05) is 35.9 Å². The van der Waals surface area contributed by atoms with E-state index in [4.69, 9.17) is 16.3 Å². The highest BCUT2D eigenvalue weighted by Crippen LogP contribution is 2.28. The number of carbonyl (C=O) groups is 1. The number of anilines is 1. The Morgan fingerprint density at radius 2 is 1.85 bits per heavy atom. The summed E-state index contributed by atoms with van der Waals surface area (Å²) in [5.41, 5.74) is 1.14. The number of carboxylic acid groups (broad SMARTS) is 1. The van der Waals surface area contributed by atoms with Gasteiger partial charge >= 0.3 is 0 Å². The van der Waals surface area contributed by atoms with Crippen LogP contribution in [0, 0.1) is 0 Å². The third-order valence-electron chi connectivity index (χ3n) is 2.85. The Bertz CT molecular complexity index is 598. The smallest absolute Gasteiger partial charge is 0.141 e. The highest BCUT2D eigenvalue weighted by molar-refractivity contribution is 6.30. The second kappa shape index (κ2) is 6.30. The molecule has 0 aliphatic heterocycles. The van der Waals surface area contributed by atoms with E-state index in [2.05, 4.69) is 5.32 Å². The van der Waals surface area contributed by atoms with Crippen molar-refractivity contribution in [1.29, 1.82) is 0 Å². The quantitative estimate of drug-likeness (QED) is 0.917. The number of para-hydroxylation sites is 2. The fourth-order valence-corrected chi connectivity index (χ4v) is 1.98. The van der Waals surface area contributed by atoms with Crippen LogP contribution in [0.3, 0.4) is 0 Å². The van der Waals surface area contributed by atoms with Crippen LogP contribution in [0.25, 0.3) is 0 Å². The monoisotopic (exact) mass is 290 g/mol. The molecule has 20 heavy (non-hydrogen) atoms. The van der Waals surface area contributed by atoms with Crippen molar-refractivity contribution in [2.75, 3.05) is 12.4 Å². The summed E-state index contributed by atoms with van der Waals surface area (Å²) in [7, 11) is 1.52. The minimum atomic E-state index is -1.22. The Balaban J connectivity index is 2.30. The standard InChI is InChI=1S/C15H14ClNO3/c1-20-13-5-3-2-4-12(13)17-14(15(18)19)10-6-8-11(16)9-7-10/h2-9,14,17H,1H3,(H,18,19)/p-1/t14-/m1/s1. The van der Waals surface area contributed by atoms with Gasteiger partial charge in [0.05, 0.1) is 24.8 Å². The molecule has 4 nitrogen and oxygen atoms in total. The van der Waals surface area contributed by atoms with Crippen molar-refractivity contribution in [3.05, 3.63) is 59.1 Å². The number of nitrogens with one attached hydrogen (secondary N) is 1. The molecule has 0 radical (unpaired) electrons. The summed E-state index contributed by atoms with van der Waals surface area (Å²) >= 11 is 5.80. The largest absolute Gasteiger partial charge is 0.548 e. The molecular formula is C15H13ClNO3-. The van der Waals surface area contributed by atoms with E-state index >= 15 is 0 Å². The molecule has 0 unspecified atom stereocenters. The van der Waals surface area contributed by atoms with E-state index in [0.29, 0.717) is 22.0 Å². The third kappa shape index (κ3) is 3.22. The van der Waals surface area contributed by atoms with Crippen LogP contribution >= 0.6 is 11.6 Å². The van der Waals surface area contributed by atoms with E-state index in [-0.39, 0.29) is 0 Å². The first-order chi connectivity index (χ1) is 9.61. The van der Waals surface area contributed by atoms with Crippen molar-refractivity contribution in [2.24, 2.45) is 0 Å². The van der Waals surface area contributed by atoms with E-state index in [1.54, 1.807) is 48.5 Å². The molecule has 0 heterocycles. The van der Waals surface area contributed by atoms with Gasteiger partial charge in [0, 0.05) is 5.02 Å². The van der Waals surface area contributed by atoms with Gasteiger partial charge in [0.2, 0.25) is 0 Å². The minimum absolute atomic E-state index is 0.545. The predicted octanol–water partition coefficient (Wildman–Crippen LogP) is 2.25. The molecular weight excluding hydrogens is 278 g/mol. The van der Waals surface area contributed by atoms with E-state index in [0.717, 1.165) is 0 Å². The molecule has 2 aromatic carbocycles. The number of aliphatic carboxylic acids is 1. The molecule has 0 saturated carbocycles. The molecule has 0 fully saturated rings. The fourth-order valence-electron chi connectivity index (χ4n) is 1.85. The SMILES string of the molecule is COc1ccccc1N[C@@H](C(=O)[O-])c1ccc(Cl)cc1. The van der Waals surface area contributed by atoms with Crippen molar-refractivity contribution in [2.45, 2.75) is 6.04 Å². The van der Waals surface area contributed by atoms with Gasteiger partial charge in [0.25, 0.3) is 0 Å². The predicted molar refractivity (Wildman–Crippen MR) is 75.8 cm³/mol. The van der Waals surface area contributed by atoms with E-state index < -0.39 is 12.0 Å². The number of halogens is 1. The average molecular weight is 291 g/mol. The third-order valence-corrected chi connectivity index (χ3v) is 3.10. The zero-order chi connectivity index (χ0) is 14.5. The number of ether oxygens (including phenoxy) is 1. The van der Waals surface area contributed by atoms with Gasteiger partial charge in [-0.2, -0.15) is 0 Å². The first kappa shape index (κ1) is 14.2. The molecule has 0 saturated heterocycles. The van der Waals surface area contributed by atoms with Crippen molar-refractivity contribution in [1.82, 2.24) is 0 Å². The molecule has 0 bridgehead atoms. The summed E-state index contributed by atoms with van der Waals surface area (Å²) in [6.45, 7) is 0. The second-order valence-electron chi connectivity index (χ2n) is 4.15. The number of hydrogen-bond donors (Lipinski definition) is 1. The summed E-state index contributed by atoms with van der Waals surface area (Å²) in [5, 5.41) is 14.8. The lowest BCUT2D eigenvalue weighted by Crippen LogP contribution is -2.34. The van der Waals surface area contributed by atoms with Crippen LogP contribution in [0.15, 0.2) is 48.5 Å². The van der Waals surface area contributed by atoms with Crippen LogP contribution in [0.5, 0.6) is 5.75 Å². The Morgan fingerprint density at radius 3 is 2.45 bits per heavy atom. The maximum atomic E-state index is 11.3. The van der Waals surface area contributed by atoms with Crippen LogP contribution in [0.2, 0.25) is 5.02 Å². The van der Waals surface area contributed by atoms with Gasteiger partial charge in [-0.3, -0.25) is 0 Å². The highest BCUT2D eigenvalue weighted by Gasteiger charge is 2.14. The molecule has 5 heteroatoms. The molecule has 0 amide bonds. The number of carboxylic acids is 1. The lowest BCUT2D eigenvalue weighted by atomic mass is 10.1. The van der Waals surface area contributed by atoms with Crippen LogP contribution in [0.4, 0.5) is 5.69 Å². The lowest BCUT2D eigenvalue weighted by Gasteiger charge is -2.22. The van der Waals surface area contributed by atoms with Crippen molar-refractivity contribution < 1.29 is 14.6 Å². The first-order valence-corrected chi connectivity index (χ1v) is 6.35. The lowest BCUT2D eigenvalue weighted by molar-refractivity contribution is -0.307. The molecule has 0 aromatic heterocycles. The average Bonchev–Trinajstić information content (AvgIpc) is 2.46. The first-order valence-electron chi connectivity index (χ1n) is 5.97. The zero-order valence-electron chi connectivity index (χ0n) is 10.8. The Morgan fingerprint density at radius 1 is 1.20 bits per heavy atom. The van der Waals surface area contributed by atoms with Crippen molar-refractivity contribution in [3.63, 3.8) is 0 Å². The zero-order valence-corrected chi connectivity index (χ0v) is 11.6. The molecule has 2 aromatic rings. The van der Waals surface area contributed by atoms with Crippen LogP contribution in [-0.2, 0) is 4.79 Å². The molecule has 1 N–H and O–H groups in total. The Hall–Kier alpha value is -2.20. The molecule has 0 aliphatic carbocycles. The number of hydrogen-bond acceptors (Lipinski definition) is 4. The maximum absolute atomic E-state index is 11.3. The van der Waals surface area contributed by atoms with Crippen LogP contribution in [0.1, 0.15) is 11.6 Å². The highest BCUT2D eigenvalue weighted by atomic mass is 35.5. The second-order valence-corrected chi connectivity index (χ2v) is 4.58. The van der Waals surface area contributed by atoms with Gasteiger partial charge in [-0.05, 0) is 29.8 Å². The summed E-state index contributed by atoms with van der Waals surface area (Å²) in [6, 6.07) is 12.7. The minimum Gasteiger partial charge on any atom is -0.548 e. The topological polar surface area (TPSA) is 61.4 Å². The number of benzene rings is 2. The van der Waals surface area contributed by atoms with Gasteiger partial charge in [-0.15, -0.1) is 0 Å². The van der Waals surface area contributed by atoms with Crippen LogP contribution < -0.4 is 15.2 Å². The Labute approximate surface area is 122 Å². The summed E-state index contributed by atoms with van der Waals surface area (Å²) in [6.07, 6.45) is 0. The van der Waals surface area contributed by atoms with Crippen molar-refractivity contribution in [3.8, 4) is 5.75 Å². The summed E-state index contributed by atoms with van der Waals surface area (Å²) < 4.78 is 5.18. The molecule has 2 rings (SSSR count). The number of rotatable bonds is 5. The van der Waals surface area contributed by atoms with Crippen molar-refractivity contribution >= 4 is 23.3 Å². The summed E-state index contributed by atoms with van der Waals surface area (Å²) in [5.74, 6) is -0.661. The number of carbonyl (C=O) groups excluding carboxylic acids is 1. The van der Waals surface area contributed by atoms with E-state index in [1.807, 2.05) is 0 Å². The number of methoxy groups -OCH3 is 1. The molecule has 0 spiro atoms. The van der Waals surface area contributed by atoms with Crippen LogP contribution in [-0.4, -0.2) is 13.1 Å². The van der Waals surface area contributed by atoms with E-state index in [1.165, 1.54) is 7.11 Å². The normalized spacial score (nSPS) is 11.7. The molecule has 104 valence electrons. The van der Waals surface area contributed by atoms with E-state index in [9.17, 15) is 9.90 Å². The Kier molecular flexibility index (Phi) is 4.48. The van der Waals surface area contributed by atoms with Gasteiger partial charge in [0.15, 0.2) is 0 Å². The molecule has 1 atom stereocenters.